The number of carbonyl (C=O) groups excluding carboxylic acids is 1. The van der Waals surface area contributed by atoms with E-state index < -0.39 is 0 Å². The van der Waals surface area contributed by atoms with E-state index in [1.165, 1.54) is 5.56 Å². The molecule has 0 fully saturated rings. The Labute approximate surface area is 157 Å². The lowest BCUT2D eigenvalue weighted by molar-refractivity contribution is 0.0526. The van der Waals surface area contributed by atoms with E-state index in [2.05, 4.69) is 37.5 Å². The molecule has 0 aliphatic carbocycles. The first-order chi connectivity index (χ1) is 13.2. The van der Waals surface area contributed by atoms with Crippen LogP contribution in [0.4, 0.5) is 23.1 Å². The Morgan fingerprint density at radius 2 is 2.00 bits per heavy atom. The van der Waals surface area contributed by atoms with Gasteiger partial charge < -0.3 is 15.0 Å². The molecule has 1 aromatic heterocycles. The number of rotatable bonds is 5. The molecule has 0 amide bonds. The molecular formula is C20H19N5O2. The molecule has 27 heavy (non-hydrogen) atoms. The van der Waals surface area contributed by atoms with Crippen LogP contribution in [0.25, 0.3) is 0 Å². The number of esters is 1. The highest BCUT2D eigenvalue weighted by Gasteiger charge is 2.22. The van der Waals surface area contributed by atoms with Gasteiger partial charge in [0.25, 0.3) is 5.95 Å². The van der Waals surface area contributed by atoms with Gasteiger partial charge >= 0.3 is 5.97 Å². The number of anilines is 4. The molecule has 136 valence electrons. The van der Waals surface area contributed by atoms with E-state index in [-0.39, 0.29) is 5.97 Å². The number of nitrogens with one attached hydrogen (secondary N) is 1. The minimum atomic E-state index is -0.331. The minimum Gasteiger partial charge on any atom is -0.462 e. The normalized spacial score (nSPS) is 12.6. The SMILES string of the molecule is CCOC(=O)c1ccc(Nc2cnnc(N3CCc4ccccc43)n2)cc1. The van der Waals surface area contributed by atoms with Crippen LogP contribution in [0.1, 0.15) is 22.8 Å². The van der Waals surface area contributed by atoms with Gasteiger partial charge in [0.2, 0.25) is 0 Å². The van der Waals surface area contributed by atoms with Crippen LogP contribution >= 0.6 is 0 Å². The second-order valence-electron chi connectivity index (χ2n) is 6.09. The van der Waals surface area contributed by atoms with Crippen LogP contribution in [0.5, 0.6) is 0 Å². The predicted octanol–water partition coefficient (Wildman–Crippen LogP) is 3.49. The van der Waals surface area contributed by atoms with Gasteiger partial charge in [0.1, 0.15) is 0 Å². The van der Waals surface area contributed by atoms with Gasteiger partial charge in [0.15, 0.2) is 5.82 Å². The van der Waals surface area contributed by atoms with Crippen molar-refractivity contribution in [1.29, 1.82) is 0 Å². The highest BCUT2D eigenvalue weighted by atomic mass is 16.5. The van der Waals surface area contributed by atoms with Gasteiger partial charge in [-0.1, -0.05) is 18.2 Å². The molecule has 0 spiro atoms. The maximum atomic E-state index is 11.7. The van der Waals surface area contributed by atoms with Crippen molar-refractivity contribution < 1.29 is 9.53 Å². The van der Waals surface area contributed by atoms with Crippen molar-refractivity contribution in [2.75, 3.05) is 23.4 Å². The summed E-state index contributed by atoms with van der Waals surface area (Å²) in [6, 6.07) is 15.3. The lowest BCUT2D eigenvalue weighted by atomic mass is 10.2. The van der Waals surface area contributed by atoms with Crippen molar-refractivity contribution in [3.63, 3.8) is 0 Å². The fourth-order valence-corrected chi connectivity index (χ4v) is 3.07. The third-order valence-electron chi connectivity index (χ3n) is 4.34. The summed E-state index contributed by atoms with van der Waals surface area (Å²) in [4.78, 5) is 18.4. The average Bonchev–Trinajstić information content (AvgIpc) is 3.13. The number of hydrogen-bond acceptors (Lipinski definition) is 7. The second-order valence-corrected chi connectivity index (χ2v) is 6.09. The molecule has 3 aromatic rings. The topological polar surface area (TPSA) is 80.2 Å². The van der Waals surface area contributed by atoms with Crippen LogP contribution in [0.15, 0.2) is 54.7 Å². The van der Waals surface area contributed by atoms with Crippen LogP contribution < -0.4 is 10.2 Å². The van der Waals surface area contributed by atoms with Crippen molar-refractivity contribution in [2.24, 2.45) is 0 Å². The van der Waals surface area contributed by atoms with Crippen LogP contribution in [0, 0.1) is 0 Å². The van der Waals surface area contributed by atoms with Crippen LogP contribution in [-0.4, -0.2) is 34.3 Å². The van der Waals surface area contributed by atoms with E-state index in [1.807, 2.05) is 12.1 Å². The summed E-state index contributed by atoms with van der Waals surface area (Å²) < 4.78 is 4.99. The standard InChI is InChI=1S/C20H19N5O2/c1-2-27-19(26)15-7-9-16(10-8-15)22-18-13-21-24-20(23-18)25-12-11-14-5-3-4-6-17(14)25/h3-10,13H,2,11-12H2,1H3,(H,22,23,24). The lowest BCUT2D eigenvalue weighted by Gasteiger charge is -2.17. The number of carbonyl (C=O) groups is 1. The Kier molecular flexibility index (Phi) is 4.65. The molecule has 4 rings (SSSR count). The number of para-hydroxylation sites is 1. The third-order valence-corrected chi connectivity index (χ3v) is 4.34. The molecule has 0 radical (unpaired) electrons. The molecule has 7 nitrogen and oxygen atoms in total. The van der Waals surface area contributed by atoms with Crippen molar-refractivity contribution in [1.82, 2.24) is 15.2 Å². The molecule has 2 heterocycles. The first kappa shape index (κ1) is 17.0. The van der Waals surface area contributed by atoms with Gasteiger partial charge in [0.05, 0.1) is 18.4 Å². The smallest absolute Gasteiger partial charge is 0.338 e. The first-order valence-electron chi connectivity index (χ1n) is 8.84. The average molecular weight is 361 g/mol. The van der Waals surface area contributed by atoms with Gasteiger partial charge in [0, 0.05) is 17.9 Å². The van der Waals surface area contributed by atoms with Crippen molar-refractivity contribution in [3.05, 3.63) is 65.9 Å². The largest absolute Gasteiger partial charge is 0.462 e. The van der Waals surface area contributed by atoms with E-state index in [1.54, 1.807) is 37.4 Å². The van der Waals surface area contributed by atoms with Crippen LogP contribution in [0.2, 0.25) is 0 Å². The summed E-state index contributed by atoms with van der Waals surface area (Å²) in [7, 11) is 0. The number of ether oxygens (including phenoxy) is 1. The van der Waals surface area contributed by atoms with Gasteiger partial charge in [-0.2, -0.15) is 10.1 Å². The van der Waals surface area contributed by atoms with Gasteiger partial charge in [-0.05, 0) is 49.2 Å². The van der Waals surface area contributed by atoms with E-state index in [9.17, 15) is 4.79 Å². The second kappa shape index (κ2) is 7.41. The molecule has 0 saturated carbocycles. The summed E-state index contributed by atoms with van der Waals surface area (Å²) in [6.07, 6.45) is 2.54. The fraction of sp³-hybridized carbons (Fsp3) is 0.200. The fourth-order valence-electron chi connectivity index (χ4n) is 3.07. The number of nitrogens with zero attached hydrogens (tertiary/aromatic N) is 4. The molecule has 0 bridgehead atoms. The van der Waals surface area contributed by atoms with E-state index in [4.69, 9.17) is 4.74 Å². The van der Waals surface area contributed by atoms with Crippen molar-refractivity contribution in [2.45, 2.75) is 13.3 Å². The molecule has 0 atom stereocenters. The summed E-state index contributed by atoms with van der Waals surface area (Å²) in [5.41, 5.74) is 3.72. The summed E-state index contributed by atoms with van der Waals surface area (Å²) in [6.45, 7) is 2.97. The Balaban J connectivity index is 1.51. The number of aromatic nitrogens is 3. The quantitative estimate of drug-likeness (QED) is 0.697. The molecular weight excluding hydrogens is 342 g/mol. The first-order valence-corrected chi connectivity index (χ1v) is 8.84. The van der Waals surface area contributed by atoms with Crippen LogP contribution in [-0.2, 0) is 11.2 Å². The van der Waals surface area contributed by atoms with E-state index in [0.29, 0.717) is 23.9 Å². The van der Waals surface area contributed by atoms with Gasteiger partial charge in [-0.25, -0.2) is 4.79 Å². The molecule has 0 saturated heterocycles. The van der Waals surface area contributed by atoms with Crippen molar-refractivity contribution >= 4 is 29.1 Å². The van der Waals surface area contributed by atoms with E-state index in [0.717, 1.165) is 24.3 Å². The van der Waals surface area contributed by atoms with Crippen LogP contribution in [0.3, 0.4) is 0 Å². The molecule has 2 aromatic carbocycles. The number of fused-ring (bicyclic) bond motifs is 1. The van der Waals surface area contributed by atoms with Gasteiger partial charge in [-0.15, -0.1) is 5.10 Å². The zero-order valence-electron chi connectivity index (χ0n) is 14.9. The van der Waals surface area contributed by atoms with Crippen molar-refractivity contribution in [3.8, 4) is 0 Å². The molecule has 0 unspecified atom stereocenters. The molecule has 1 N–H and O–H groups in total. The maximum Gasteiger partial charge on any atom is 0.338 e. The lowest BCUT2D eigenvalue weighted by Crippen LogP contribution is -2.17. The van der Waals surface area contributed by atoms with E-state index >= 15 is 0 Å². The summed E-state index contributed by atoms with van der Waals surface area (Å²) in [5.74, 6) is 0.823. The zero-order valence-corrected chi connectivity index (χ0v) is 14.9. The highest BCUT2D eigenvalue weighted by molar-refractivity contribution is 5.89. The molecule has 1 aliphatic heterocycles. The number of hydrogen-bond donors (Lipinski definition) is 1. The maximum absolute atomic E-state index is 11.7. The Morgan fingerprint density at radius 1 is 1.19 bits per heavy atom. The number of benzene rings is 2. The molecule has 1 aliphatic rings. The summed E-state index contributed by atoms with van der Waals surface area (Å²) >= 11 is 0. The minimum absolute atomic E-state index is 0.331. The predicted molar refractivity (Wildman–Crippen MR) is 103 cm³/mol. The Morgan fingerprint density at radius 3 is 2.81 bits per heavy atom. The summed E-state index contributed by atoms with van der Waals surface area (Å²) in [5, 5.41) is 11.5. The third kappa shape index (κ3) is 3.57. The zero-order chi connectivity index (χ0) is 18.6. The molecule has 7 heteroatoms. The highest BCUT2D eigenvalue weighted by Crippen LogP contribution is 2.32. The van der Waals surface area contributed by atoms with Gasteiger partial charge in [-0.3, -0.25) is 0 Å². The monoisotopic (exact) mass is 361 g/mol. The Hall–Kier alpha value is -3.48. The Bertz CT molecular complexity index is 959.